The van der Waals surface area contributed by atoms with E-state index in [0.29, 0.717) is 6.61 Å². The summed E-state index contributed by atoms with van der Waals surface area (Å²) in [6.07, 6.45) is 23.9. The number of rotatable bonds is 20. The molecule has 0 radical (unpaired) electrons. The Labute approximate surface area is 190 Å². The van der Waals surface area contributed by atoms with E-state index in [1.165, 1.54) is 121 Å². The molecule has 1 aromatic rings. The van der Waals surface area contributed by atoms with Gasteiger partial charge in [0, 0.05) is 6.07 Å². The number of ether oxygens (including phenoxy) is 1. The minimum absolute atomic E-state index is 0.139. The second-order valence-corrected chi connectivity index (χ2v) is 8.88. The Morgan fingerprint density at radius 3 is 1.35 bits per heavy atom. The summed E-state index contributed by atoms with van der Waals surface area (Å²) in [6, 6.07) is 3.80. The molecule has 0 bridgehead atoms. The van der Waals surface area contributed by atoms with E-state index in [0.717, 1.165) is 12.8 Å². The Balaban J connectivity index is 1.80. The maximum atomic E-state index is 11.9. The van der Waals surface area contributed by atoms with Crippen molar-refractivity contribution < 1.29 is 19.7 Å². The van der Waals surface area contributed by atoms with Crippen molar-refractivity contribution in [1.82, 2.24) is 0 Å². The summed E-state index contributed by atoms with van der Waals surface area (Å²) >= 11 is 0. The molecule has 4 nitrogen and oxygen atoms in total. The lowest BCUT2D eigenvalue weighted by Gasteiger charge is -2.06. The summed E-state index contributed by atoms with van der Waals surface area (Å²) in [7, 11) is 0. The van der Waals surface area contributed by atoms with Gasteiger partial charge in [0.1, 0.15) is 11.5 Å². The monoisotopic (exact) mass is 434 g/mol. The van der Waals surface area contributed by atoms with E-state index in [1.807, 2.05) is 0 Å². The molecule has 0 aliphatic carbocycles. The van der Waals surface area contributed by atoms with E-state index in [2.05, 4.69) is 6.92 Å². The summed E-state index contributed by atoms with van der Waals surface area (Å²) in [4.78, 5) is 11.9. The number of carbonyl (C=O) groups is 1. The molecular weight excluding hydrogens is 388 g/mol. The number of aromatic hydroxyl groups is 2. The van der Waals surface area contributed by atoms with Crippen molar-refractivity contribution in [3.05, 3.63) is 23.8 Å². The number of hydrogen-bond acceptors (Lipinski definition) is 4. The summed E-state index contributed by atoms with van der Waals surface area (Å²) in [5.74, 6) is -0.779. The molecule has 0 amide bonds. The van der Waals surface area contributed by atoms with Crippen LogP contribution in [0.2, 0.25) is 0 Å². The van der Waals surface area contributed by atoms with E-state index in [-0.39, 0.29) is 17.1 Å². The van der Waals surface area contributed by atoms with Crippen molar-refractivity contribution in [2.75, 3.05) is 6.61 Å². The number of esters is 1. The van der Waals surface area contributed by atoms with Gasteiger partial charge in [-0.25, -0.2) is 4.79 Å². The third-order valence-electron chi connectivity index (χ3n) is 5.87. The van der Waals surface area contributed by atoms with Gasteiger partial charge < -0.3 is 14.9 Å². The minimum atomic E-state index is -0.502. The second-order valence-electron chi connectivity index (χ2n) is 8.88. The molecule has 1 rings (SSSR count). The normalized spacial score (nSPS) is 11.0. The van der Waals surface area contributed by atoms with Crippen LogP contribution in [-0.4, -0.2) is 22.8 Å². The first-order valence-electron chi connectivity index (χ1n) is 12.8. The van der Waals surface area contributed by atoms with Gasteiger partial charge in [0.15, 0.2) is 0 Å². The van der Waals surface area contributed by atoms with Crippen molar-refractivity contribution in [2.45, 2.75) is 122 Å². The second kappa shape index (κ2) is 19.0. The number of unbranched alkanes of at least 4 members (excludes halogenated alkanes) is 17. The number of carbonyl (C=O) groups excluding carboxylic acids is 1. The molecule has 0 atom stereocenters. The highest BCUT2D eigenvalue weighted by Crippen LogP contribution is 2.21. The maximum Gasteiger partial charge on any atom is 0.338 e. The standard InChI is InChI=1S/C27H46O4/c1-2-3-4-5-6-7-8-9-10-11-12-13-14-15-16-17-18-19-20-31-27(30)24-21-25(28)23-26(29)22-24/h21-23,28-29H,2-20H2,1H3. The lowest BCUT2D eigenvalue weighted by Crippen LogP contribution is -2.06. The number of benzene rings is 1. The Kier molecular flexibility index (Phi) is 16.8. The highest BCUT2D eigenvalue weighted by molar-refractivity contribution is 5.90. The van der Waals surface area contributed by atoms with E-state index in [9.17, 15) is 15.0 Å². The van der Waals surface area contributed by atoms with Gasteiger partial charge in [-0.2, -0.15) is 0 Å². The van der Waals surface area contributed by atoms with Crippen LogP contribution in [0.25, 0.3) is 0 Å². The van der Waals surface area contributed by atoms with Crippen molar-refractivity contribution in [2.24, 2.45) is 0 Å². The molecule has 0 saturated carbocycles. The highest BCUT2D eigenvalue weighted by atomic mass is 16.5. The third kappa shape index (κ3) is 15.7. The number of phenolic OH excluding ortho intramolecular Hbond substituents is 2. The third-order valence-corrected chi connectivity index (χ3v) is 5.87. The van der Waals surface area contributed by atoms with Crippen LogP contribution in [0.4, 0.5) is 0 Å². The fourth-order valence-corrected chi connectivity index (χ4v) is 3.96. The van der Waals surface area contributed by atoms with Gasteiger partial charge in [-0.15, -0.1) is 0 Å². The Bertz CT molecular complexity index is 550. The average Bonchev–Trinajstić information content (AvgIpc) is 2.74. The minimum Gasteiger partial charge on any atom is -0.508 e. The van der Waals surface area contributed by atoms with Crippen molar-refractivity contribution in [1.29, 1.82) is 0 Å². The smallest absolute Gasteiger partial charge is 0.338 e. The van der Waals surface area contributed by atoms with E-state index in [1.54, 1.807) is 0 Å². The molecule has 0 spiro atoms. The van der Waals surface area contributed by atoms with Gasteiger partial charge in [-0.05, 0) is 18.6 Å². The number of hydrogen-bond donors (Lipinski definition) is 2. The molecule has 0 aliphatic heterocycles. The summed E-state index contributed by atoms with van der Waals surface area (Å²) in [6.45, 7) is 2.66. The molecule has 0 aliphatic rings. The topological polar surface area (TPSA) is 66.8 Å². The van der Waals surface area contributed by atoms with Gasteiger partial charge in [-0.3, -0.25) is 0 Å². The van der Waals surface area contributed by atoms with Crippen molar-refractivity contribution >= 4 is 5.97 Å². The molecule has 178 valence electrons. The molecule has 0 fully saturated rings. The molecule has 0 aromatic heterocycles. The zero-order valence-corrected chi connectivity index (χ0v) is 19.9. The highest BCUT2D eigenvalue weighted by Gasteiger charge is 2.09. The zero-order valence-electron chi connectivity index (χ0n) is 19.9. The quantitative estimate of drug-likeness (QED) is 0.160. The van der Waals surface area contributed by atoms with E-state index in [4.69, 9.17) is 4.74 Å². The molecular formula is C27H46O4. The fourth-order valence-electron chi connectivity index (χ4n) is 3.96. The van der Waals surface area contributed by atoms with Crippen LogP contribution in [0.15, 0.2) is 18.2 Å². The lowest BCUT2D eigenvalue weighted by atomic mass is 10.0. The van der Waals surface area contributed by atoms with Gasteiger partial charge in [-0.1, -0.05) is 116 Å². The molecule has 0 saturated heterocycles. The largest absolute Gasteiger partial charge is 0.508 e. The van der Waals surface area contributed by atoms with Crippen LogP contribution in [0, 0.1) is 0 Å². The molecule has 0 heterocycles. The van der Waals surface area contributed by atoms with Crippen LogP contribution in [-0.2, 0) is 4.74 Å². The van der Waals surface area contributed by atoms with Crippen LogP contribution in [0.1, 0.15) is 133 Å². The Hall–Kier alpha value is -1.71. The van der Waals surface area contributed by atoms with Crippen molar-refractivity contribution in [3.8, 4) is 11.5 Å². The Morgan fingerprint density at radius 2 is 0.968 bits per heavy atom. The fraction of sp³-hybridized carbons (Fsp3) is 0.741. The zero-order chi connectivity index (χ0) is 22.6. The Morgan fingerprint density at radius 1 is 0.613 bits per heavy atom. The van der Waals surface area contributed by atoms with Gasteiger partial charge in [0.05, 0.1) is 12.2 Å². The lowest BCUT2D eigenvalue weighted by molar-refractivity contribution is 0.0496. The van der Waals surface area contributed by atoms with Gasteiger partial charge >= 0.3 is 5.97 Å². The predicted molar refractivity (Wildman–Crippen MR) is 129 cm³/mol. The molecule has 2 N–H and O–H groups in total. The summed E-state index contributed by atoms with van der Waals surface area (Å²) < 4.78 is 5.21. The van der Waals surface area contributed by atoms with Crippen molar-refractivity contribution in [3.63, 3.8) is 0 Å². The summed E-state index contributed by atoms with van der Waals surface area (Å²) in [5.41, 5.74) is 0.180. The van der Waals surface area contributed by atoms with Crippen LogP contribution in [0.3, 0.4) is 0 Å². The van der Waals surface area contributed by atoms with E-state index < -0.39 is 5.97 Å². The first-order chi connectivity index (χ1) is 15.1. The first-order valence-corrected chi connectivity index (χ1v) is 12.8. The molecule has 0 unspecified atom stereocenters. The van der Waals surface area contributed by atoms with Crippen LogP contribution < -0.4 is 0 Å². The SMILES string of the molecule is CCCCCCCCCCCCCCCCCCCCOC(=O)c1cc(O)cc(O)c1. The molecule has 4 heteroatoms. The van der Waals surface area contributed by atoms with Gasteiger partial charge in [0.2, 0.25) is 0 Å². The molecule has 31 heavy (non-hydrogen) atoms. The number of phenols is 2. The van der Waals surface area contributed by atoms with Crippen LogP contribution >= 0.6 is 0 Å². The first kappa shape index (κ1) is 27.3. The average molecular weight is 435 g/mol. The predicted octanol–water partition coefficient (Wildman–Crippen LogP) is 8.30. The molecule has 1 aromatic carbocycles. The van der Waals surface area contributed by atoms with Crippen LogP contribution in [0.5, 0.6) is 11.5 Å². The maximum absolute atomic E-state index is 11.9. The van der Waals surface area contributed by atoms with E-state index >= 15 is 0 Å². The van der Waals surface area contributed by atoms with Gasteiger partial charge in [0.25, 0.3) is 0 Å². The summed E-state index contributed by atoms with van der Waals surface area (Å²) in [5, 5.41) is 18.8.